The van der Waals surface area contributed by atoms with Gasteiger partial charge in [-0.05, 0) is 26.8 Å². The van der Waals surface area contributed by atoms with Crippen molar-refractivity contribution in [3.8, 4) is 0 Å². The van der Waals surface area contributed by atoms with Crippen LogP contribution in [0.2, 0.25) is 0 Å². The summed E-state index contributed by atoms with van der Waals surface area (Å²) in [7, 11) is 1.53. The highest BCUT2D eigenvalue weighted by atomic mass is 16.4. The van der Waals surface area contributed by atoms with E-state index in [9.17, 15) is 9.90 Å². The van der Waals surface area contributed by atoms with Crippen molar-refractivity contribution < 1.29 is 15.0 Å². The Kier molecular flexibility index (Phi) is 6.18. The highest BCUT2D eigenvalue weighted by Crippen LogP contribution is 2.03. The fraction of sp³-hybridized carbons (Fsp3) is 0.667. The minimum absolute atomic E-state index is 0.460. The van der Waals surface area contributed by atoms with Crippen LogP contribution in [0.5, 0.6) is 0 Å². The summed E-state index contributed by atoms with van der Waals surface area (Å²) in [6.45, 7) is 1.89. The lowest BCUT2D eigenvalue weighted by atomic mass is 10.1. The smallest absolute Gasteiger partial charge is 0.323 e. The Morgan fingerprint density at radius 3 is 2.62 bits per heavy atom. The highest BCUT2D eigenvalue weighted by Gasteiger charge is 2.23. The predicted molar refractivity (Wildman–Crippen MR) is 50.5 cm³/mol. The van der Waals surface area contributed by atoms with Gasteiger partial charge in [0.05, 0.1) is 6.10 Å². The number of aliphatic hydroxyl groups excluding tert-OH is 1. The summed E-state index contributed by atoms with van der Waals surface area (Å²) in [5.74, 6) is -1.02. The number of aliphatic carboxylic acids is 1. The van der Waals surface area contributed by atoms with E-state index < -0.39 is 18.1 Å². The fourth-order valence-corrected chi connectivity index (χ4v) is 1.08. The first kappa shape index (κ1) is 12.1. The zero-order valence-electron chi connectivity index (χ0n) is 8.03. The Balaban J connectivity index is 3.91. The van der Waals surface area contributed by atoms with E-state index in [1.165, 1.54) is 7.05 Å². The SMILES string of the molecule is C/C=C/CC[C@@H](O)[C@H](NC)C(=O)O. The molecule has 2 atom stereocenters. The number of hydrogen-bond acceptors (Lipinski definition) is 3. The Morgan fingerprint density at radius 1 is 1.62 bits per heavy atom. The highest BCUT2D eigenvalue weighted by molar-refractivity contribution is 5.74. The van der Waals surface area contributed by atoms with Crippen molar-refractivity contribution in [2.45, 2.75) is 31.9 Å². The lowest BCUT2D eigenvalue weighted by molar-refractivity contribution is -0.142. The molecule has 13 heavy (non-hydrogen) atoms. The Bertz CT molecular complexity index is 180. The number of allylic oxidation sites excluding steroid dienone is 2. The second-order valence-electron chi connectivity index (χ2n) is 2.82. The van der Waals surface area contributed by atoms with Crippen LogP contribution in [0.4, 0.5) is 0 Å². The molecule has 4 heteroatoms. The van der Waals surface area contributed by atoms with Gasteiger partial charge in [0.15, 0.2) is 0 Å². The Labute approximate surface area is 78.3 Å². The maximum absolute atomic E-state index is 10.6. The molecule has 0 aromatic heterocycles. The molecule has 0 aromatic rings. The Hall–Kier alpha value is -0.870. The fourth-order valence-electron chi connectivity index (χ4n) is 1.08. The summed E-state index contributed by atoms with van der Waals surface area (Å²) in [6, 6.07) is -0.870. The van der Waals surface area contributed by atoms with Crippen LogP contribution in [-0.4, -0.2) is 35.4 Å². The Morgan fingerprint density at radius 2 is 2.23 bits per heavy atom. The van der Waals surface area contributed by atoms with Gasteiger partial charge < -0.3 is 15.5 Å². The summed E-state index contributed by atoms with van der Waals surface area (Å²) in [5, 5.41) is 20.6. The van der Waals surface area contributed by atoms with Gasteiger partial charge in [-0.3, -0.25) is 4.79 Å². The molecule has 0 aliphatic carbocycles. The molecular formula is C9H17NO3. The van der Waals surface area contributed by atoms with Crippen molar-refractivity contribution >= 4 is 5.97 Å². The van der Waals surface area contributed by atoms with E-state index in [2.05, 4.69) is 5.32 Å². The van der Waals surface area contributed by atoms with Crippen LogP contribution in [0.15, 0.2) is 12.2 Å². The third-order valence-corrected chi connectivity index (χ3v) is 1.83. The van der Waals surface area contributed by atoms with Crippen molar-refractivity contribution in [2.75, 3.05) is 7.05 Å². The van der Waals surface area contributed by atoms with Crippen LogP contribution in [-0.2, 0) is 4.79 Å². The van der Waals surface area contributed by atoms with Crippen LogP contribution in [0.25, 0.3) is 0 Å². The van der Waals surface area contributed by atoms with Crippen molar-refractivity contribution in [1.29, 1.82) is 0 Å². The number of likely N-dealkylation sites (N-methyl/N-ethyl adjacent to an activating group) is 1. The monoisotopic (exact) mass is 187 g/mol. The summed E-state index contributed by atoms with van der Waals surface area (Å²) < 4.78 is 0. The summed E-state index contributed by atoms with van der Waals surface area (Å²) in [5.41, 5.74) is 0. The largest absolute Gasteiger partial charge is 0.480 e. The molecule has 0 aliphatic rings. The molecule has 0 saturated carbocycles. The van der Waals surface area contributed by atoms with Crippen molar-refractivity contribution in [1.82, 2.24) is 5.32 Å². The van der Waals surface area contributed by atoms with E-state index in [0.29, 0.717) is 12.8 Å². The number of carboxylic acids is 1. The first-order valence-corrected chi connectivity index (χ1v) is 4.32. The maximum atomic E-state index is 10.6. The molecule has 0 amide bonds. The van der Waals surface area contributed by atoms with E-state index in [1.807, 2.05) is 19.1 Å². The molecule has 0 unspecified atom stereocenters. The van der Waals surface area contributed by atoms with Crippen LogP contribution in [0.3, 0.4) is 0 Å². The molecule has 0 rings (SSSR count). The zero-order valence-corrected chi connectivity index (χ0v) is 8.03. The minimum Gasteiger partial charge on any atom is -0.480 e. The number of hydrogen-bond donors (Lipinski definition) is 3. The molecule has 0 saturated heterocycles. The maximum Gasteiger partial charge on any atom is 0.323 e. The van der Waals surface area contributed by atoms with Gasteiger partial charge in [-0.15, -0.1) is 0 Å². The molecule has 0 heterocycles. The number of carbonyl (C=O) groups is 1. The molecule has 0 fully saturated rings. The van der Waals surface area contributed by atoms with E-state index in [1.54, 1.807) is 0 Å². The first-order valence-electron chi connectivity index (χ1n) is 4.32. The van der Waals surface area contributed by atoms with Crippen LogP contribution in [0.1, 0.15) is 19.8 Å². The average molecular weight is 187 g/mol. The normalized spacial score (nSPS) is 15.9. The molecule has 3 N–H and O–H groups in total. The molecule has 0 aliphatic heterocycles. The van der Waals surface area contributed by atoms with Gasteiger partial charge >= 0.3 is 5.97 Å². The number of rotatable bonds is 6. The first-order chi connectivity index (χ1) is 6.13. The molecule has 0 radical (unpaired) electrons. The summed E-state index contributed by atoms with van der Waals surface area (Å²) in [6.07, 6.45) is 4.10. The number of nitrogens with one attached hydrogen (secondary N) is 1. The number of carboxylic acid groups (broad SMARTS) is 1. The van der Waals surface area contributed by atoms with Gasteiger partial charge in [-0.1, -0.05) is 12.2 Å². The molecular weight excluding hydrogens is 170 g/mol. The van der Waals surface area contributed by atoms with Crippen molar-refractivity contribution in [3.05, 3.63) is 12.2 Å². The topological polar surface area (TPSA) is 69.6 Å². The van der Waals surface area contributed by atoms with E-state index in [-0.39, 0.29) is 0 Å². The lowest BCUT2D eigenvalue weighted by Crippen LogP contribution is -2.44. The molecule has 76 valence electrons. The molecule has 0 bridgehead atoms. The number of aliphatic hydroxyl groups is 1. The predicted octanol–water partition coefficient (Wildman–Crippen LogP) is 0.376. The standard InChI is InChI=1S/C9H17NO3/c1-3-4-5-6-7(11)8(10-2)9(12)13/h3-4,7-8,10-11H,5-6H2,1-2H3,(H,12,13)/b4-3+/t7-,8+/m1/s1. The van der Waals surface area contributed by atoms with Gasteiger partial charge in [-0.2, -0.15) is 0 Å². The minimum atomic E-state index is -1.02. The third-order valence-electron chi connectivity index (χ3n) is 1.83. The zero-order chi connectivity index (χ0) is 10.3. The average Bonchev–Trinajstić information content (AvgIpc) is 2.05. The summed E-state index contributed by atoms with van der Waals surface area (Å²) >= 11 is 0. The van der Waals surface area contributed by atoms with Crippen LogP contribution < -0.4 is 5.32 Å². The van der Waals surface area contributed by atoms with Gasteiger partial charge in [-0.25, -0.2) is 0 Å². The van der Waals surface area contributed by atoms with Gasteiger partial charge in [0.25, 0.3) is 0 Å². The van der Waals surface area contributed by atoms with Gasteiger partial charge in [0.1, 0.15) is 6.04 Å². The van der Waals surface area contributed by atoms with E-state index in [4.69, 9.17) is 5.11 Å². The van der Waals surface area contributed by atoms with Gasteiger partial charge in [0.2, 0.25) is 0 Å². The quantitative estimate of drug-likeness (QED) is 0.526. The summed E-state index contributed by atoms with van der Waals surface area (Å²) in [4.78, 5) is 10.6. The van der Waals surface area contributed by atoms with Crippen molar-refractivity contribution in [2.24, 2.45) is 0 Å². The van der Waals surface area contributed by atoms with Crippen LogP contribution >= 0.6 is 0 Å². The van der Waals surface area contributed by atoms with E-state index >= 15 is 0 Å². The third kappa shape index (κ3) is 4.65. The van der Waals surface area contributed by atoms with E-state index in [0.717, 1.165) is 0 Å². The lowest BCUT2D eigenvalue weighted by Gasteiger charge is -2.17. The second kappa shape index (κ2) is 6.62. The molecule has 0 spiro atoms. The second-order valence-corrected chi connectivity index (χ2v) is 2.82. The van der Waals surface area contributed by atoms with Crippen molar-refractivity contribution in [3.63, 3.8) is 0 Å². The molecule has 0 aromatic carbocycles. The molecule has 4 nitrogen and oxygen atoms in total. The van der Waals surface area contributed by atoms with Crippen LogP contribution in [0, 0.1) is 0 Å². The van der Waals surface area contributed by atoms with Gasteiger partial charge in [0, 0.05) is 0 Å².